The van der Waals surface area contributed by atoms with E-state index in [9.17, 15) is 0 Å². The van der Waals surface area contributed by atoms with Crippen molar-refractivity contribution in [1.29, 1.82) is 0 Å². The molecule has 0 aliphatic heterocycles. The van der Waals surface area contributed by atoms with Gasteiger partial charge < -0.3 is 10.1 Å². The van der Waals surface area contributed by atoms with Gasteiger partial charge in [0.15, 0.2) is 0 Å². The minimum absolute atomic E-state index is 0.463. The van der Waals surface area contributed by atoms with Crippen LogP contribution in [0.4, 0.5) is 0 Å². The van der Waals surface area contributed by atoms with Gasteiger partial charge in [-0.25, -0.2) is 0 Å². The molecule has 0 bridgehead atoms. The first-order chi connectivity index (χ1) is 9.31. The Morgan fingerprint density at radius 1 is 1.32 bits per heavy atom. The molecule has 0 saturated carbocycles. The van der Waals surface area contributed by atoms with Crippen LogP contribution in [0.25, 0.3) is 0 Å². The van der Waals surface area contributed by atoms with Crippen molar-refractivity contribution in [2.24, 2.45) is 0 Å². The molecule has 19 heavy (non-hydrogen) atoms. The summed E-state index contributed by atoms with van der Waals surface area (Å²) in [7, 11) is 0. The van der Waals surface area contributed by atoms with Crippen molar-refractivity contribution in [3.63, 3.8) is 0 Å². The lowest BCUT2D eigenvalue weighted by atomic mass is 9.99. The van der Waals surface area contributed by atoms with Gasteiger partial charge in [0.1, 0.15) is 0 Å². The molecular formula is C16H27NOS. The highest BCUT2D eigenvalue weighted by Gasteiger charge is 2.16. The molecule has 1 aromatic rings. The number of aryl methyl sites for hydroxylation is 2. The number of rotatable bonds is 8. The Labute approximate surface area is 121 Å². The number of ether oxygens (including phenoxy) is 1. The molecule has 1 atom stereocenters. The number of fused-ring (bicyclic) bond motifs is 1. The summed E-state index contributed by atoms with van der Waals surface area (Å²) in [6, 6.07) is 2.89. The number of hydrogen-bond donors (Lipinski definition) is 1. The van der Waals surface area contributed by atoms with Crippen molar-refractivity contribution < 1.29 is 4.74 Å². The van der Waals surface area contributed by atoms with E-state index in [0.29, 0.717) is 6.04 Å². The van der Waals surface area contributed by atoms with E-state index < -0.39 is 0 Å². The summed E-state index contributed by atoms with van der Waals surface area (Å²) in [4.78, 5) is 3.13. The van der Waals surface area contributed by atoms with E-state index in [-0.39, 0.29) is 0 Å². The molecule has 0 spiro atoms. The summed E-state index contributed by atoms with van der Waals surface area (Å²) in [5.41, 5.74) is 1.61. The van der Waals surface area contributed by atoms with Crippen molar-refractivity contribution in [3.05, 3.63) is 21.4 Å². The largest absolute Gasteiger partial charge is 0.380 e. The molecule has 108 valence electrons. The zero-order valence-corrected chi connectivity index (χ0v) is 13.2. The lowest BCUT2D eigenvalue weighted by molar-refractivity contribution is 0.131. The summed E-state index contributed by atoms with van der Waals surface area (Å²) in [6.07, 6.45) is 7.72. The van der Waals surface area contributed by atoms with Gasteiger partial charge >= 0.3 is 0 Å². The van der Waals surface area contributed by atoms with Crippen molar-refractivity contribution in [1.82, 2.24) is 5.32 Å². The van der Waals surface area contributed by atoms with Gasteiger partial charge in [-0.15, -0.1) is 11.3 Å². The Balaban J connectivity index is 1.70. The second kappa shape index (κ2) is 8.03. The molecule has 3 heteroatoms. The molecule has 1 unspecified atom stereocenters. The maximum Gasteiger partial charge on any atom is 0.0591 e. The highest BCUT2D eigenvalue weighted by atomic mass is 32.1. The van der Waals surface area contributed by atoms with Crippen molar-refractivity contribution in [2.75, 3.05) is 19.8 Å². The second-order valence-corrected chi connectivity index (χ2v) is 6.61. The Morgan fingerprint density at radius 2 is 2.16 bits per heavy atom. The molecule has 1 aliphatic carbocycles. The summed E-state index contributed by atoms with van der Waals surface area (Å²) in [5.74, 6) is 0. The van der Waals surface area contributed by atoms with E-state index >= 15 is 0 Å². The van der Waals surface area contributed by atoms with Gasteiger partial charge in [-0.3, -0.25) is 0 Å². The third kappa shape index (κ3) is 4.59. The minimum Gasteiger partial charge on any atom is -0.380 e. The molecule has 0 saturated heterocycles. The third-order valence-corrected chi connectivity index (χ3v) is 5.20. The normalized spacial score (nSPS) is 16.3. The maximum atomic E-state index is 5.58. The lowest BCUT2D eigenvalue weighted by Crippen LogP contribution is -2.22. The molecule has 0 radical (unpaired) electrons. The average Bonchev–Trinajstić information content (AvgIpc) is 2.86. The molecule has 0 amide bonds. The predicted octanol–water partition coefficient (Wildman–Crippen LogP) is 4.09. The first kappa shape index (κ1) is 15.0. The van der Waals surface area contributed by atoms with Crippen LogP contribution in [0.15, 0.2) is 6.07 Å². The van der Waals surface area contributed by atoms with E-state index in [1.54, 1.807) is 10.4 Å². The fraction of sp³-hybridized carbons (Fsp3) is 0.750. The van der Waals surface area contributed by atoms with Gasteiger partial charge in [0.25, 0.3) is 0 Å². The highest BCUT2D eigenvalue weighted by Crippen LogP contribution is 2.32. The molecule has 2 nitrogen and oxygen atoms in total. The Kier molecular flexibility index (Phi) is 6.35. The van der Waals surface area contributed by atoms with Crippen molar-refractivity contribution >= 4 is 11.3 Å². The Morgan fingerprint density at radius 3 is 2.95 bits per heavy atom. The van der Waals surface area contributed by atoms with Crippen molar-refractivity contribution in [2.45, 2.75) is 58.4 Å². The third-order valence-electron chi connectivity index (χ3n) is 3.78. The zero-order chi connectivity index (χ0) is 13.5. The predicted molar refractivity (Wildman–Crippen MR) is 83.1 cm³/mol. The summed E-state index contributed by atoms with van der Waals surface area (Å²) in [6.45, 7) is 7.15. The molecule has 0 fully saturated rings. The van der Waals surface area contributed by atoms with Crippen LogP contribution < -0.4 is 5.32 Å². The number of thiophene rings is 1. The Hall–Kier alpha value is -0.380. The van der Waals surface area contributed by atoms with Crippen LogP contribution >= 0.6 is 11.3 Å². The second-order valence-electron chi connectivity index (χ2n) is 5.45. The van der Waals surface area contributed by atoms with Crippen molar-refractivity contribution in [3.8, 4) is 0 Å². The van der Waals surface area contributed by atoms with Crippen LogP contribution in [0.2, 0.25) is 0 Å². The van der Waals surface area contributed by atoms with Gasteiger partial charge in [0.05, 0.1) is 6.61 Å². The number of unbranched alkanes of at least 4 members (excludes halogenated alkanes) is 1. The molecule has 1 heterocycles. The molecule has 1 N–H and O–H groups in total. The van der Waals surface area contributed by atoms with E-state index in [4.69, 9.17) is 4.74 Å². The van der Waals surface area contributed by atoms with E-state index in [1.165, 1.54) is 43.4 Å². The van der Waals surface area contributed by atoms with Gasteiger partial charge in [-0.05, 0) is 50.7 Å². The Bertz CT molecular complexity index is 351. The van der Waals surface area contributed by atoms with Crippen LogP contribution in [0.1, 0.15) is 60.9 Å². The summed E-state index contributed by atoms with van der Waals surface area (Å²) in [5, 5.41) is 3.57. The van der Waals surface area contributed by atoms with Crippen LogP contribution in [0.5, 0.6) is 0 Å². The van der Waals surface area contributed by atoms with Crippen LogP contribution in [-0.4, -0.2) is 19.8 Å². The first-order valence-electron chi connectivity index (χ1n) is 7.74. The topological polar surface area (TPSA) is 21.3 Å². The summed E-state index contributed by atoms with van der Waals surface area (Å²) < 4.78 is 5.58. The van der Waals surface area contributed by atoms with E-state index in [1.807, 2.05) is 11.3 Å². The van der Waals surface area contributed by atoms with Crippen LogP contribution in [-0.2, 0) is 17.6 Å². The number of hydrogen-bond acceptors (Lipinski definition) is 3. The molecule has 1 aromatic heterocycles. The van der Waals surface area contributed by atoms with Gasteiger partial charge in [0.2, 0.25) is 0 Å². The smallest absolute Gasteiger partial charge is 0.0591 e. The van der Waals surface area contributed by atoms with Crippen LogP contribution in [0.3, 0.4) is 0 Å². The average molecular weight is 281 g/mol. The van der Waals surface area contributed by atoms with Gasteiger partial charge in [-0.1, -0.05) is 13.3 Å². The number of nitrogens with one attached hydrogen (secondary N) is 1. The minimum atomic E-state index is 0.463. The highest BCUT2D eigenvalue weighted by molar-refractivity contribution is 7.12. The standard InChI is InChI=1S/C16H27NOS/c1-3-4-10-18-11-9-17-13(2)16-12-14-7-5-6-8-15(14)19-16/h12-13,17H,3-11H2,1-2H3. The van der Waals surface area contributed by atoms with Gasteiger partial charge in [-0.2, -0.15) is 0 Å². The fourth-order valence-electron chi connectivity index (χ4n) is 2.52. The summed E-state index contributed by atoms with van der Waals surface area (Å²) >= 11 is 2.01. The van der Waals surface area contributed by atoms with E-state index in [2.05, 4.69) is 25.2 Å². The molecule has 0 aromatic carbocycles. The maximum absolute atomic E-state index is 5.58. The monoisotopic (exact) mass is 281 g/mol. The lowest BCUT2D eigenvalue weighted by Gasteiger charge is -2.12. The zero-order valence-electron chi connectivity index (χ0n) is 12.3. The molecule has 1 aliphatic rings. The quantitative estimate of drug-likeness (QED) is 0.725. The van der Waals surface area contributed by atoms with E-state index in [0.717, 1.165) is 19.8 Å². The van der Waals surface area contributed by atoms with Gasteiger partial charge in [0, 0.05) is 28.9 Å². The first-order valence-corrected chi connectivity index (χ1v) is 8.55. The SMILES string of the molecule is CCCCOCCNC(C)c1cc2c(s1)CCCC2. The fourth-order valence-corrected chi connectivity index (χ4v) is 3.81. The molecular weight excluding hydrogens is 254 g/mol. The molecule has 2 rings (SSSR count). The van der Waals surface area contributed by atoms with Crippen LogP contribution in [0, 0.1) is 0 Å².